The van der Waals surface area contributed by atoms with E-state index in [0.717, 1.165) is 12.2 Å². The van der Waals surface area contributed by atoms with E-state index >= 15 is 0 Å². The summed E-state index contributed by atoms with van der Waals surface area (Å²) >= 11 is 6.52. The van der Waals surface area contributed by atoms with Gasteiger partial charge in [0.25, 0.3) is 0 Å². The van der Waals surface area contributed by atoms with Gasteiger partial charge in [-0.05, 0) is 36.0 Å². The molecule has 1 unspecified atom stereocenters. The van der Waals surface area contributed by atoms with Crippen LogP contribution in [-0.4, -0.2) is 12.3 Å². The van der Waals surface area contributed by atoms with Crippen molar-refractivity contribution in [1.82, 2.24) is 0 Å². The third-order valence-electron chi connectivity index (χ3n) is 2.70. The third-order valence-corrected chi connectivity index (χ3v) is 6.78. The summed E-state index contributed by atoms with van der Waals surface area (Å²) in [5.41, 5.74) is 0. The number of halogens is 1. The normalized spacial score (nSPS) is 13.7. The van der Waals surface area contributed by atoms with Crippen LogP contribution in [0.2, 0.25) is 0 Å². The van der Waals surface area contributed by atoms with Crippen LogP contribution < -0.4 is 10.0 Å². The summed E-state index contributed by atoms with van der Waals surface area (Å²) in [6, 6.07) is 8.07. The second-order valence-electron chi connectivity index (χ2n) is 4.14. The maximum absolute atomic E-state index is 6.52. The van der Waals surface area contributed by atoms with Crippen molar-refractivity contribution < 1.29 is 4.74 Å². The Morgan fingerprint density at radius 3 is 2.20 bits per heavy atom. The Hall–Kier alpha value is -0.260. The lowest BCUT2D eigenvalue weighted by atomic mass is 10.1. The van der Waals surface area contributed by atoms with Gasteiger partial charge in [0.1, 0.15) is 5.75 Å². The first-order chi connectivity index (χ1) is 7.01. The van der Waals surface area contributed by atoms with Crippen molar-refractivity contribution >= 4 is 23.8 Å². The van der Waals surface area contributed by atoms with Crippen LogP contribution >= 0.6 is 18.5 Å². The summed E-state index contributed by atoms with van der Waals surface area (Å²) < 4.78 is 5.12. The van der Waals surface area contributed by atoms with E-state index < -0.39 is 7.27 Å². The van der Waals surface area contributed by atoms with Crippen molar-refractivity contribution in [2.24, 2.45) is 0 Å². The molecule has 0 amide bonds. The molecule has 15 heavy (non-hydrogen) atoms. The highest BCUT2D eigenvalue weighted by Gasteiger charge is 2.27. The van der Waals surface area contributed by atoms with Gasteiger partial charge in [-0.25, -0.2) is 0 Å². The maximum atomic E-state index is 6.52. The quantitative estimate of drug-likeness (QED) is 0.723. The molecule has 0 saturated carbocycles. The topological polar surface area (TPSA) is 9.23 Å². The van der Waals surface area contributed by atoms with E-state index in [2.05, 4.69) is 32.9 Å². The zero-order chi connectivity index (χ0) is 11.5. The molecule has 0 aromatic heterocycles. The SMILES string of the molecule is CCC(C)(C)P(Cl)c1ccc(OC)cc1. The highest BCUT2D eigenvalue weighted by Crippen LogP contribution is 2.54. The molecule has 0 radical (unpaired) electrons. The molecule has 0 aliphatic rings. The van der Waals surface area contributed by atoms with Crippen LogP contribution in [0.1, 0.15) is 27.2 Å². The highest BCUT2D eigenvalue weighted by molar-refractivity contribution is 7.91. The summed E-state index contributed by atoms with van der Waals surface area (Å²) in [5.74, 6) is 0.883. The number of methoxy groups -OCH3 is 1. The highest BCUT2D eigenvalue weighted by atomic mass is 35.7. The Labute approximate surface area is 98.3 Å². The molecule has 0 N–H and O–H groups in total. The van der Waals surface area contributed by atoms with Gasteiger partial charge in [-0.2, -0.15) is 0 Å². The van der Waals surface area contributed by atoms with Crippen LogP contribution in [0.5, 0.6) is 5.75 Å². The summed E-state index contributed by atoms with van der Waals surface area (Å²) in [6.07, 6.45) is 1.09. The van der Waals surface area contributed by atoms with E-state index in [1.54, 1.807) is 7.11 Å². The molecule has 1 atom stereocenters. The Kier molecular flexibility index (Phi) is 4.43. The minimum Gasteiger partial charge on any atom is -0.497 e. The molecule has 84 valence electrons. The Balaban J connectivity index is 2.87. The Morgan fingerprint density at radius 1 is 1.27 bits per heavy atom. The van der Waals surface area contributed by atoms with E-state index in [0.29, 0.717) is 0 Å². The van der Waals surface area contributed by atoms with Gasteiger partial charge in [-0.1, -0.05) is 32.0 Å². The molecule has 0 aliphatic carbocycles. The largest absolute Gasteiger partial charge is 0.497 e. The van der Waals surface area contributed by atoms with Crippen LogP contribution in [-0.2, 0) is 0 Å². The molecule has 0 saturated heterocycles. The average Bonchev–Trinajstić information content (AvgIpc) is 2.28. The van der Waals surface area contributed by atoms with Gasteiger partial charge in [-0.15, -0.1) is 0 Å². The van der Waals surface area contributed by atoms with E-state index in [-0.39, 0.29) is 5.16 Å². The zero-order valence-corrected chi connectivity index (χ0v) is 11.4. The van der Waals surface area contributed by atoms with Crippen molar-refractivity contribution in [3.63, 3.8) is 0 Å². The molecule has 1 aromatic rings. The number of rotatable bonds is 4. The average molecular weight is 245 g/mol. The predicted molar refractivity (Wildman–Crippen MR) is 69.8 cm³/mol. The molecule has 1 rings (SSSR count). The van der Waals surface area contributed by atoms with Gasteiger partial charge in [0, 0.05) is 12.4 Å². The summed E-state index contributed by atoms with van der Waals surface area (Å²) in [4.78, 5) is 0. The molecule has 0 bridgehead atoms. The lowest BCUT2D eigenvalue weighted by Gasteiger charge is -2.28. The number of hydrogen-bond acceptors (Lipinski definition) is 1. The summed E-state index contributed by atoms with van der Waals surface area (Å²) in [7, 11) is 1.06. The standard InChI is InChI=1S/C12H18ClOP/c1-5-12(2,3)15(13)11-8-6-10(14-4)7-9-11/h6-9H,5H2,1-4H3. The van der Waals surface area contributed by atoms with Crippen LogP contribution in [0.25, 0.3) is 0 Å². The van der Waals surface area contributed by atoms with Crippen LogP contribution in [0.15, 0.2) is 24.3 Å². The second kappa shape index (κ2) is 5.18. The predicted octanol–water partition coefficient (Wildman–Crippen LogP) is 4.14. The number of hydrogen-bond donors (Lipinski definition) is 0. The van der Waals surface area contributed by atoms with Gasteiger partial charge in [0.2, 0.25) is 0 Å². The Bertz CT molecular complexity index is 308. The monoisotopic (exact) mass is 244 g/mol. The molecule has 0 fully saturated rings. The maximum Gasteiger partial charge on any atom is 0.118 e. The third kappa shape index (κ3) is 3.09. The number of benzene rings is 1. The first-order valence-corrected chi connectivity index (χ1v) is 7.36. The molecular formula is C12H18ClOP. The van der Waals surface area contributed by atoms with Crippen molar-refractivity contribution in [2.45, 2.75) is 32.3 Å². The van der Waals surface area contributed by atoms with Crippen LogP contribution in [0, 0.1) is 0 Å². The van der Waals surface area contributed by atoms with Gasteiger partial charge in [-0.3, -0.25) is 0 Å². The zero-order valence-electron chi connectivity index (χ0n) is 9.75. The van der Waals surface area contributed by atoms with Crippen LogP contribution in [0.3, 0.4) is 0 Å². The van der Waals surface area contributed by atoms with Crippen molar-refractivity contribution in [3.8, 4) is 5.75 Å². The fourth-order valence-electron chi connectivity index (χ4n) is 1.20. The molecule has 0 aliphatic heterocycles. The van der Waals surface area contributed by atoms with E-state index in [9.17, 15) is 0 Å². The van der Waals surface area contributed by atoms with Gasteiger partial charge < -0.3 is 4.74 Å². The minimum atomic E-state index is -0.620. The first-order valence-electron chi connectivity index (χ1n) is 5.11. The van der Waals surface area contributed by atoms with Gasteiger partial charge in [0.15, 0.2) is 0 Å². The summed E-state index contributed by atoms with van der Waals surface area (Å²) in [5, 5.41) is 1.41. The van der Waals surface area contributed by atoms with Crippen molar-refractivity contribution in [1.29, 1.82) is 0 Å². The first kappa shape index (κ1) is 12.8. The van der Waals surface area contributed by atoms with E-state index in [1.807, 2.05) is 12.1 Å². The molecular weight excluding hydrogens is 227 g/mol. The van der Waals surface area contributed by atoms with Gasteiger partial charge >= 0.3 is 0 Å². The molecule has 1 aromatic carbocycles. The second-order valence-corrected chi connectivity index (χ2v) is 7.45. The minimum absolute atomic E-state index is 0.186. The lowest BCUT2D eigenvalue weighted by Crippen LogP contribution is -2.19. The Morgan fingerprint density at radius 2 is 1.80 bits per heavy atom. The van der Waals surface area contributed by atoms with Crippen molar-refractivity contribution in [2.75, 3.05) is 7.11 Å². The lowest BCUT2D eigenvalue weighted by molar-refractivity contribution is 0.415. The number of ether oxygens (including phenoxy) is 1. The van der Waals surface area contributed by atoms with E-state index in [1.165, 1.54) is 5.30 Å². The van der Waals surface area contributed by atoms with Crippen molar-refractivity contribution in [3.05, 3.63) is 24.3 Å². The molecule has 0 spiro atoms. The molecule has 3 heteroatoms. The fourth-order valence-corrected chi connectivity index (χ4v) is 3.29. The molecule has 1 nitrogen and oxygen atoms in total. The van der Waals surface area contributed by atoms with Gasteiger partial charge in [0.05, 0.1) is 7.11 Å². The van der Waals surface area contributed by atoms with Crippen LogP contribution in [0.4, 0.5) is 0 Å². The van der Waals surface area contributed by atoms with E-state index in [4.69, 9.17) is 16.0 Å². The summed E-state index contributed by atoms with van der Waals surface area (Å²) in [6.45, 7) is 6.62. The fraction of sp³-hybridized carbons (Fsp3) is 0.500. The molecule has 0 heterocycles. The smallest absolute Gasteiger partial charge is 0.118 e.